The van der Waals surface area contributed by atoms with Gasteiger partial charge in [-0.1, -0.05) is 33.6 Å². The summed E-state index contributed by atoms with van der Waals surface area (Å²) in [4.78, 5) is 0. The average molecular weight is 301 g/mol. The highest BCUT2D eigenvalue weighted by molar-refractivity contribution is 9.10. The van der Waals surface area contributed by atoms with Crippen LogP contribution in [0.15, 0.2) is 22.7 Å². The van der Waals surface area contributed by atoms with E-state index in [4.69, 9.17) is 17.3 Å². The van der Waals surface area contributed by atoms with Crippen LogP contribution in [0, 0.1) is 0 Å². The molecule has 2 atom stereocenters. The van der Waals surface area contributed by atoms with Crippen molar-refractivity contribution in [3.05, 3.63) is 33.3 Å². The van der Waals surface area contributed by atoms with Gasteiger partial charge in [0, 0.05) is 9.50 Å². The number of benzene rings is 1. The lowest BCUT2D eigenvalue weighted by molar-refractivity contribution is 0.164. The lowest BCUT2D eigenvalue weighted by Crippen LogP contribution is -2.23. The van der Waals surface area contributed by atoms with Gasteiger partial charge in [0.15, 0.2) is 0 Å². The highest BCUT2D eigenvalue weighted by Gasteiger charge is 2.14. The number of hydrogen-bond acceptors (Lipinski definition) is 2. The molecule has 1 aromatic carbocycles. The Bertz CT molecular complexity index is 307. The first-order chi connectivity index (χ1) is 6.02. The maximum Gasteiger partial charge on any atom is 0.0705 e. The van der Waals surface area contributed by atoms with Crippen LogP contribution in [0.1, 0.15) is 18.5 Å². The van der Waals surface area contributed by atoms with Gasteiger partial charge >= 0.3 is 0 Å². The second kappa shape index (κ2) is 5.93. The van der Waals surface area contributed by atoms with E-state index < -0.39 is 6.10 Å². The molecular weight excluding hydrogens is 289 g/mol. The molecule has 0 saturated heterocycles. The molecule has 0 aliphatic rings. The topological polar surface area (TPSA) is 46.2 Å². The van der Waals surface area contributed by atoms with Crippen LogP contribution in [-0.2, 0) is 0 Å². The van der Waals surface area contributed by atoms with E-state index in [2.05, 4.69) is 15.9 Å². The second-order valence-electron chi connectivity index (χ2n) is 2.93. The summed E-state index contributed by atoms with van der Waals surface area (Å²) >= 11 is 9.11. The Morgan fingerprint density at radius 1 is 1.50 bits per heavy atom. The summed E-state index contributed by atoms with van der Waals surface area (Å²) in [6.07, 6.45) is -0.572. The molecular formula is C9H12BrCl2NO. The summed E-state index contributed by atoms with van der Waals surface area (Å²) in [5.41, 5.74) is 6.63. The molecule has 1 rings (SSSR count). The van der Waals surface area contributed by atoms with Crippen molar-refractivity contribution in [3.63, 3.8) is 0 Å². The van der Waals surface area contributed by atoms with E-state index in [9.17, 15) is 5.11 Å². The van der Waals surface area contributed by atoms with Crippen LogP contribution in [0.5, 0.6) is 0 Å². The van der Waals surface area contributed by atoms with Crippen LogP contribution in [0.4, 0.5) is 0 Å². The Kier molecular flexibility index (Phi) is 6.02. The summed E-state index contributed by atoms with van der Waals surface area (Å²) in [5.74, 6) is 0. The van der Waals surface area contributed by atoms with E-state index in [-0.39, 0.29) is 18.4 Å². The van der Waals surface area contributed by atoms with Crippen molar-refractivity contribution in [1.29, 1.82) is 0 Å². The normalized spacial score (nSPS) is 14.4. The lowest BCUT2D eigenvalue weighted by Gasteiger charge is -2.16. The van der Waals surface area contributed by atoms with Gasteiger partial charge in [-0.15, -0.1) is 12.4 Å². The summed E-state index contributed by atoms with van der Waals surface area (Å²) in [5, 5.41) is 9.94. The zero-order valence-corrected chi connectivity index (χ0v) is 10.7. The predicted molar refractivity (Wildman–Crippen MR) is 65.0 cm³/mol. The summed E-state index contributed by atoms with van der Waals surface area (Å²) < 4.78 is 0.827. The molecule has 0 amide bonds. The first-order valence-electron chi connectivity index (χ1n) is 3.91. The second-order valence-corrected chi connectivity index (χ2v) is 4.22. The minimum atomic E-state index is -0.572. The van der Waals surface area contributed by atoms with Gasteiger partial charge in [0.1, 0.15) is 0 Å². The van der Waals surface area contributed by atoms with Crippen LogP contribution < -0.4 is 5.73 Å². The Balaban J connectivity index is 0.00000169. The van der Waals surface area contributed by atoms with E-state index in [0.29, 0.717) is 5.02 Å². The number of halogens is 3. The van der Waals surface area contributed by atoms with Crippen molar-refractivity contribution >= 4 is 39.9 Å². The Morgan fingerprint density at radius 3 is 2.50 bits per heavy atom. The zero-order chi connectivity index (χ0) is 10.0. The number of rotatable bonds is 2. The van der Waals surface area contributed by atoms with Crippen LogP contribution in [-0.4, -0.2) is 11.2 Å². The van der Waals surface area contributed by atoms with Crippen LogP contribution >= 0.6 is 39.9 Å². The Morgan fingerprint density at radius 2 is 2.07 bits per heavy atom. The number of nitrogens with two attached hydrogens (primary N) is 1. The van der Waals surface area contributed by atoms with Crippen LogP contribution in [0.3, 0.4) is 0 Å². The molecule has 0 aliphatic carbocycles. The zero-order valence-electron chi connectivity index (χ0n) is 7.58. The summed E-state index contributed by atoms with van der Waals surface area (Å²) in [6.45, 7) is 1.66. The van der Waals surface area contributed by atoms with E-state index in [1.54, 1.807) is 19.1 Å². The van der Waals surface area contributed by atoms with Crippen LogP contribution in [0.25, 0.3) is 0 Å². The largest absolute Gasteiger partial charge is 0.391 e. The van der Waals surface area contributed by atoms with Gasteiger partial charge in [-0.3, -0.25) is 0 Å². The van der Waals surface area contributed by atoms with Crippen molar-refractivity contribution < 1.29 is 5.11 Å². The lowest BCUT2D eigenvalue weighted by atomic mass is 10.0. The molecule has 0 aromatic heterocycles. The molecule has 2 nitrogen and oxygen atoms in total. The molecule has 0 spiro atoms. The average Bonchev–Trinajstić information content (AvgIpc) is 2.03. The summed E-state index contributed by atoms with van der Waals surface area (Å²) in [6, 6.07) is 4.94. The molecule has 14 heavy (non-hydrogen) atoms. The number of hydrogen-bond donors (Lipinski definition) is 2. The van der Waals surface area contributed by atoms with Gasteiger partial charge in [-0.25, -0.2) is 0 Å². The van der Waals surface area contributed by atoms with E-state index >= 15 is 0 Å². The molecule has 0 bridgehead atoms. The van der Waals surface area contributed by atoms with E-state index in [1.807, 2.05) is 6.07 Å². The SMILES string of the molecule is C[C@@H](O)[C@@H](N)c1ccc(Cl)cc1Br.Cl. The van der Waals surface area contributed by atoms with Crippen molar-refractivity contribution in [1.82, 2.24) is 0 Å². The standard InChI is InChI=1S/C9H11BrClNO.ClH/c1-5(13)9(12)7-3-2-6(11)4-8(7)10;/h2-5,9,13H,12H2,1H3;1H/t5-,9-;/m1./s1. The highest BCUT2D eigenvalue weighted by atomic mass is 79.9. The van der Waals surface area contributed by atoms with Gasteiger partial charge in [-0.05, 0) is 24.6 Å². The van der Waals surface area contributed by atoms with Gasteiger partial charge in [0.25, 0.3) is 0 Å². The van der Waals surface area contributed by atoms with Crippen LogP contribution in [0.2, 0.25) is 5.02 Å². The number of aliphatic hydroxyl groups excluding tert-OH is 1. The molecule has 0 aliphatic heterocycles. The van der Waals surface area contributed by atoms with Gasteiger partial charge < -0.3 is 10.8 Å². The molecule has 0 fully saturated rings. The third-order valence-corrected chi connectivity index (χ3v) is 2.76. The molecule has 0 radical (unpaired) electrons. The molecule has 0 saturated carbocycles. The molecule has 0 unspecified atom stereocenters. The van der Waals surface area contributed by atoms with Crippen molar-refractivity contribution in [2.24, 2.45) is 5.73 Å². The van der Waals surface area contributed by atoms with Gasteiger partial charge in [0.2, 0.25) is 0 Å². The quantitative estimate of drug-likeness (QED) is 0.882. The fourth-order valence-electron chi connectivity index (χ4n) is 1.03. The number of aliphatic hydroxyl groups is 1. The van der Waals surface area contributed by atoms with E-state index in [1.165, 1.54) is 0 Å². The van der Waals surface area contributed by atoms with Crippen molar-refractivity contribution in [3.8, 4) is 0 Å². The van der Waals surface area contributed by atoms with Gasteiger partial charge in [-0.2, -0.15) is 0 Å². The first-order valence-corrected chi connectivity index (χ1v) is 5.08. The van der Waals surface area contributed by atoms with Gasteiger partial charge in [0.05, 0.1) is 12.1 Å². The van der Waals surface area contributed by atoms with E-state index in [0.717, 1.165) is 10.0 Å². The fraction of sp³-hybridized carbons (Fsp3) is 0.333. The first kappa shape index (κ1) is 14.2. The molecule has 0 heterocycles. The third kappa shape index (κ3) is 3.41. The maximum absolute atomic E-state index is 9.29. The maximum atomic E-state index is 9.29. The predicted octanol–water partition coefficient (Wildman–Crippen LogP) is 2.90. The molecule has 3 N–H and O–H groups in total. The molecule has 5 heteroatoms. The molecule has 1 aromatic rings. The highest BCUT2D eigenvalue weighted by Crippen LogP contribution is 2.26. The van der Waals surface area contributed by atoms with Crippen molar-refractivity contribution in [2.75, 3.05) is 0 Å². The third-order valence-electron chi connectivity index (χ3n) is 1.84. The minimum absolute atomic E-state index is 0. The smallest absolute Gasteiger partial charge is 0.0705 e. The Labute approximate surface area is 103 Å². The Hall–Kier alpha value is 0.200. The fourth-order valence-corrected chi connectivity index (χ4v) is 1.98. The minimum Gasteiger partial charge on any atom is -0.391 e. The monoisotopic (exact) mass is 299 g/mol. The summed E-state index contributed by atoms with van der Waals surface area (Å²) in [7, 11) is 0. The van der Waals surface area contributed by atoms with Crippen molar-refractivity contribution in [2.45, 2.75) is 19.1 Å². The molecule has 80 valence electrons.